The van der Waals surface area contributed by atoms with Crippen LogP contribution >= 0.6 is 11.3 Å². The Kier molecular flexibility index (Phi) is 5.16. The predicted octanol–water partition coefficient (Wildman–Crippen LogP) is 2.81. The highest BCUT2D eigenvalue weighted by molar-refractivity contribution is 7.13. The molecule has 3 rings (SSSR count). The van der Waals surface area contributed by atoms with Crippen LogP contribution in [0, 0.1) is 6.92 Å². The van der Waals surface area contributed by atoms with Crippen molar-refractivity contribution in [3.05, 3.63) is 45.4 Å². The molecule has 6 heteroatoms. The summed E-state index contributed by atoms with van der Waals surface area (Å²) in [6.07, 6.45) is 0.857. The highest BCUT2D eigenvalue weighted by atomic mass is 32.1. The fourth-order valence-electron chi connectivity index (χ4n) is 3.10. The van der Waals surface area contributed by atoms with Crippen LogP contribution in [0.4, 0.5) is 0 Å². The minimum atomic E-state index is -0.0334. The zero-order valence-corrected chi connectivity index (χ0v) is 15.2. The van der Waals surface area contributed by atoms with Crippen molar-refractivity contribution in [1.82, 2.24) is 15.2 Å². The van der Waals surface area contributed by atoms with E-state index in [0.29, 0.717) is 6.54 Å². The number of hydrogen-bond donors (Lipinski definition) is 1. The Morgan fingerprint density at radius 1 is 1.46 bits per heavy atom. The number of piperazine rings is 1. The van der Waals surface area contributed by atoms with Crippen LogP contribution < -0.4 is 10.1 Å². The van der Waals surface area contributed by atoms with Gasteiger partial charge >= 0.3 is 0 Å². The largest absolute Gasteiger partial charge is 0.496 e. The van der Waals surface area contributed by atoms with Gasteiger partial charge in [0.05, 0.1) is 23.9 Å². The van der Waals surface area contributed by atoms with E-state index < -0.39 is 0 Å². The lowest BCUT2D eigenvalue weighted by Gasteiger charge is -2.37. The third-order valence-electron chi connectivity index (χ3n) is 4.34. The zero-order valence-electron chi connectivity index (χ0n) is 14.3. The molecular weight excluding hydrogens is 322 g/mol. The van der Waals surface area contributed by atoms with Crippen LogP contribution in [0.3, 0.4) is 0 Å². The molecule has 24 heavy (non-hydrogen) atoms. The monoisotopic (exact) mass is 345 g/mol. The topological polar surface area (TPSA) is 54.5 Å². The minimum Gasteiger partial charge on any atom is -0.496 e. The zero-order chi connectivity index (χ0) is 17.1. The van der Waals surface area contributed by atoms with Crippen LogP contribution in [0.25, 0.3) is 0 Å². The third-order valence-corrected chi connectivity index (χ3v) is 5.63. The standard InChI is InChI=1S/C18H23N3O2S/c1-4-16-20-12(2)17(24-16)18(22)21-10-9-19-11-14(21)13-7-5-6-8-15(13)23-3/h5-8,14,19H,4,9-11H2,1-3H3. The average molecular weight is 345 g/mol. The number of amides is 1. The molecule has 1 amide bonds. The first-order chi connectivity index (χ1) is 11.7. The molecule has 2 heterocycles. The molecule has 5 nitrogen and oxygen atoms in total. The predicted molar refractivity (Wildman–Crippen MR) is 95.9 cm³/mol. The molecule has 1 fully saturated rings. The first kappa shape index (κ1) is 16.9. The van der Waals surface area contributed by atoms with Gasteiger partial charge in [-0.05, 0) is 19.4 Å². The van der Waals surface area contributed by atoms with Gasteiger partial charge in [-0.2, -0.15) is 0 Å². The number of nitrogens with one attached hydrogen (secondary N) is 1. The lowest BCUT2D eigenvalue weighted by atomic mass is 10.0. The summed E-state index contributed by atoms with van der Waals surface area (Å²) in [5.74, 6) is 0.890. The molecule has 1 N–H and O–H groups in total. The van der Waals surface area contributed by atoms with Gasteiger partial charge in [-0.1, -0.05) is 25.1 Å². The molecule has 1 atom stereocenters. The summed E-state index contributed by atoms with van der Waals surface area (Å²) in [5, 5.41) is 4.40. The van der Waals surface area contributed by atoms with Crippen LogP contribution in [0.2, 0.25) is 0 Å². The van der Waals surface area contributed by atoms with E-state index in [9.17, 15) is 4.79 Å². The summed E-state index contributed by atoms with van der Waals surface area (Å²) in [5.41, 5.74) is 1.87. The molecule has 0 bridgehead atoms. The van der Waals surface area contributed by atoms with Gasteiger partial charge in [0.25, 0.3) is 5.91 Å². The molecule has 1 aromatic carbocycles. The number of ether oxygens (including phenoxy) is 1. The molecule has 1 saturated heterocycles. The first-order valence-corrected chi connectivity index (χ1v) is 9.08. The Bertz CT molecular complexity index is 729. The van der Waals surface area contributed by atoms with Gasteiger partial charge in [-0.3, -0.25) is 4.79 Å². The van der Waals surface area contributed by atoms with Gasteiger partial charge in [-0.15, -0.1) is 11.3 Å². The van der Waals surface area contributed by atoms with Crippen molar-refractivity contribution >= 4 is 17.2 Å². The number of carbonyl (C=O) groups is 1. The van der Waals surface area contributed by atoms with Crippen LogP contribution in [0.5, 0.6) is 5.75 Å². The summed E-state index contributed by atoms with van der Waals surface area (Å²) in [6, 6.07) is 7.88. The molecule has 0 saturated carbocycles. The quantitative estimate of drug-likeness (QED) is 0.926. The van der Waals surface area contributed by atoms with Crippen molar-refractivity contribution in [3.63, 3.8) is 0 Å². The second kappa shape index (κ2) is 7.32. The number of thiazole rings is 1. The molecule has 0 radical (unpaired) electrons. The van der Waals surface area contributed by atoms with Crippen molar-refractivity contribution in [2.45, 2.75) is 26.3 Å². The summed E-state index contributed by atoms with van der Waals surface area (Å²) in [6.45, 7) is 6.19. The van der Waals surface area contributed by atoms with E-state index in [1.807, 2.05) is 36.1 Å². The lowest BCUT2D eigenvalue weighted by Crippen LogP contribution is -2.48. The summed E-state index contributed by atoms with van der Waals surface area (Å²) in [4.78, 5) is 20.4. The van der Waals surface area contributed by atoms with Crippen molar-refractivity contribution in [1.29, 1.82) is 0 Å². The molecule has 1 aromatic heterocycles. The van der Waals surface area contributed by atoms with Gasteiger partial charge in [-0.25, -0.2) is 4.98 Å². The number of aryl methyl sites for hydroxylation is 2. The second-order valence-electron chi connectivity index (χ2n) is 5.84. The number of benzene rings is 1. The normalized spacial score (nSPS) is 17.8. The Balaban J connectivity index is 1.94. The van der Waals surface area contributed by atoms with Gasteiger partial charge in [0, 0.05) is 25.2 Å². The molecule has 1 unspecified atom stereocenters. The number of methoxy groups -OCH3 is 1. The van der Waals surface area contributed by atoms with Crippen molar-refractivity contribution in [2.75, 3.05) is 26.7 Å². The molecule has 1 aliphatic rings. The molecule has 2 aromatic rings. The lowest BCUT2D eigenvalue weighted by molar-refractivity contribution is 0.0635. The van der Waals surface area contributed by atoms with Crippen molar-refractivity contribution in [3.8, 4) is 5.75 Å². The van der Waals surface area contributed by atoms with Gasteiger partial charge in [0.1, 0.15) is 10.6 Å². The third kappa shape index (κ3) is 3.16. The maximum absolute atomic E-state index is 13.2. The number of nitrogens with zero attached hydrogens (tertiary/aromatic N) is 2. The fraction of sp³-hybridized carbons (Fsp3) is 0.444. The Hall–Kier alpha value is -1.92. The molecular formula is C18H23N3O2S. The minimum absolute atomic E-state index is 0.0334. The van der Waals surface area contributed by atoms with Crippen molar-refractivity contribution in [2.24, 2.45) is 0 Å². The molecule has 1 aliphatic heterocycles. The summed E-state index contributed by atoms with van der Waals surface area (Å²) >= 11 is 1.51. The van der Waals surface area contributed by atoms with E-state index in [4.69, 9.17) is 4.74 Å². The van der Waals surface area contributed by atoms with Crippen LogP contribution in [0.15, 0.2) is 24.3 Å². The number of hydrogen-bond acceptors (Lipinski definition) is 5. The molecule has 0 spiro atoms. The smallest absolute Gasteiger partial charge is 0.266 e. The van der Waals surface area contributed by atoms with Crippen molar-refractivity contribution < 1.29 is 9.53 Å². The SMILES string of the molecule is CCc1nc(C)c(C(=O)N2CCNCC2c2ccccc2OC)s1. The molecule has 0 aliphatic carbocycles. The van der Waals surface area contributed by atoms with E-state index in [1.165, 1.54) is 11.3 Å². The van der Waals surface area contributed by atoms with Crippen LogP contribution in [-0.4, -0.2) is 42.5 Å². The van der Waals surface area contributed by atoms with E-state index in [1.54, 1.807) is 7.11 Å². The number of carbonyl (C=O) groups excluding carboxylic acids is 1. The van der Waals surface area contributed by atoms with E-state index in [0.717, 1.165) is 46.4 Å². The maximum Gasteiger partial charge on any atom is 0.266 e. The Morgan fingerprint density at radius 3 is 2.96 bits per heavy atom. The highest BCUT2D eigenvalue weighted by Crippen LogP contribution is 2.32. The van der Waals surface area contributed by atoms with E-state index in [-0.39, 0.29) is 11.9 Å². The van der Waals surface area contributed by atoms with E-state index in [2.05, 4.69) is 17.2 Å². The van der Waals surface area contributed by atoms with Gasteiger partial charge in [0.2, 0.25) is 0 Å². The molecule has 128 valence electrons. The second-order valence-corrected chi connectivity index (χ2v) is 6.92. The van der Waals surface area contributed by atoms with Crippen LogP contribution in [-0.2, 0) is 6.42 Å². The van der Waals surface area contributed by atoms with E-state index >= 15 is 0 Å². The average Bonchev–Trinajstić information content (AvgIpc) is 3.02. The van der Waals surface area contributed by atoms with Gasteiger partial charge < -0.3 is 15.0 Å². The number of rotatable bonds is 4. The van der Waals surface area contributed by atoms with Crippen LogP contribution in [0.1, 0.15) is 38.9 Å². The number of aromatic nitrogens is 1. The maximum atomic E-state index is 13.2. The number of para-hydroxylation sites is 1. The Labute approximate surface area is 146 Å². The first-order valence-electron chi connectivity index (χ1n) is 8.26. The van der Waals surface area contributed by atoms with Gasteiger partial charge in [0.15, 0.2) is 0 Å². The Morgan fingerprint density at radius 2 is 2.25 bits per heavy atom. The summed E-state index contributed by atoms with van der Waals surface area (Å²) in [7, 11) is 1.67. The fourth-order valence-corrected chi connectivity index (χ4v) is 4.06. The summed E-state index contributed by atoms with van der Waals surface area (Å²) < 4.78 is 5.50. The highest BCUT2D eigenvalue weighted by Gasteiger charge is 2.32.